The first-order valence-electron chi connectivity index (χ1n) is 6.15. The van der Waals surface area contributed by atoms with Gasteiger partial charge in [-0.1, -0.05) is 6.08 Å². The van der Waals surface area contributed by atoms with Crippen LogP contribution in [0.3, 0.4) is 0 Å². The van der Waals surface area contributed by atoms with Gasteiger partial charge in [0.25, 0.3) is 0 Å². The lowest BCUT2D eigenvalue weighted by Gasteiger charge is -2.22. The highest BCUT2D eigenvalue weighted by atomic mass is 19.4. The fraction of sp³-hybridized carbons (Fsp3) is 0.286. The second kappa shape index (κ2) is 5.38. The van der Waals surface area contributed by atoms with E-state index in [-0.39, 0.29) is 24.4 Å². The highest BCUT2D eigenvalue weighted by Gasteiger charge is 2.34. The van der Waals surface area contributed by atoms with E-state index in [0.717, 1.165) is 24.3 Å². The van der Waals surface area contributed by atoms with Crippen molar-refractivity contribution in [1.29, 1.82) is 0 Å². The third-order valence-corrected chi connectivity index (χ3v) is 3.18. The van der Waals surface area contributed by atoms with Gasteiger partial charge in [-0.3, -0.25) is 0 Å². The van der Waals surface area contributed by atoms with E-state index >= 15 is 0 Å². The fourth-order valence-electron chi connectivity index (χ4n) is 2.15. The standard InChI is InChI=1S/C14H13F5N2/c1-21-4-2-3-8(14(17,18)19)5-12(21)13-10(15)6-9(20)7-11(13)16/h3,5-7H,2,4,20H2,1H3. The molecule has 21 heavy (non-hydrogen) atoms. The molecule has 0 aromatic heterocycles. The lowest BCUT2D eigenvalue weighted by molar-refractivity contribution is -0.0883. The summed E-state index contributed by atoms with van der Waals surface area (Å²) in [6.07, 6.45) is -2.68. The van der Waals surface area contributed by atoms with Crippen LogP contribution in [0.1, 0.15) is 12.0 Å². The lowest BCUT2D eigenvalue weighted by Crippen LogP contribution is -2.19. The van der Waals surface area contributed by atoms with E-state index in [1.807, 2.05) is 0 Å². The van der Waals surface area contributed by atoms with E-state index in [4.69, 9.17) is 5.73 Å². The van der Waals surface area contributed by atoms with Crippen molar-refractivity contribution in [1.82, 2.24) is 4.90 Å². The SMILES string of the molecule is CN1CCC=C(C(F)(F)F)C=C1c1c(F)cc(N)cc1F. The van der Waals surface area contributed by atoms with E-state index < -0.39 is 28.9 Å². The first-order chi connectivity index (χ1) is 9.70. The molecule has 2 nitrogen and oxygen atoms in total. The molecule has 114 valence electrons. The summed E-state index contributed by atoms with van der Waals surface area (Å²) in [5.74, 6) is -1.98. The second-order valence-corrected chi connectivity index (χ2v) is 4.76. The molecular formula is C14H13F5N2. The van der Waals surface area contributed by atoms with Crippen LogP contribution in [0, 0.1) is 11.6 Å². The number of hydrogen-bond donors (Lipinski definition) is 1. The molecule has 7 heteroatoms. The number of alkyl halides is 3. The normalized spacial score (nSPS) is 16.4. The van der Waals surface area contributed by atoms with E-state index in [2.05, 4.69) is 0 Å². The molecule has 0 amide bonds. The zero-order valence-electron chi connectivity index (χ0n) is 11.1. The summed E-state index contributed by atoms with van der Waals surface area (Å²) in [6, 6.07) is 1.77. The van der Waals surface area contributed by atoms with Crippen LogP contribution in [0.5, 0.6) is 0 Å². The Balaban J connectivity index is 2.60. The third kappa shape index (κ3) is 3.17. The zero-order valence-corrected chi connectivity index (χ0v) is 11.1. The topological polar surface area (TPSA) is 29.3 Å². The van der Waals surface area contributed by atoms with Crippen LogP contribution < -0.4 is 5.73 Å². The van der Waals surface area contributed by atoms with Crippen molar-refractivity contribution in [3.8, 4) is 0 Å². The Hall–Kier alpha value is -2.05. The number of nitrogen functional groups attached to an aromatic ring is 1. The smallest absolute Gasteiger partial charge is 0.399 e. The van der Waals surface area contributed by atoms with Gasteiger partial charge in [0.05, 0.1) is 16.8 Å². The first-order valence-corrected chi connectivity index (χ1v) is 6.15. The molecule has 0 saturated carbocycles. The average molecular weight is 304 g/mol. The molecule has 0 bridgehead atoms. The van der Waals surface area contributed by atoms with Gasteiger partial charge >= 0.3 is 6.18 Å². The van der Waals surface area contributed by atoms with Crippen molar-refractivity contribution >= 4 is 11.4 Å². The first kappa shape index (κ1) is 15.3. The summed E-state index contributed by atoms with van der Waals surface area (Å²) in [5, 5.41) is 0. The van der Waals surface area contributed by atoms with Gasteiger partial charge in [0, 0.05) is 19.3 Å². The molecule has 1 aliphatic rings. The molecule has 0 spiro atoms. The number of rotatable bonds is 1. The van der Waals surface area contributed by atoms with Crippen LogP contribution in [0.4, 0.5) is 27.6 Å². The number of benzene rings is 1. The molecule has 0 fully saturated rings. The predicted octanol–water partition coefficient (Wildman–Crippen LogP) is 3.71. The van der Waals surface area contributed by atoms with Crippen LogP contribution in [0.2, 0.25) is 0 Å². The van der Waals surface area contributed by atoms with Crippen molar-refractivity contribution in [2.75, 3.05) is 19.3 Å². The van der Waals surface area contributed by atoms with E-state index in [1.54, 1.807) is 0 Å². The Bertz CT molecular complexity index is 593. The van der Waals surface area contributed by atoms with Gasteiger partial charge < -0.3 is 10.6 Å². The van der Waals surface area contributed by atoms with Gasteiger partial charge in [-0.05, 0) is 24.6 Å². The van der Waals surface area contributed by atoms with E-state index in [9.17, 15) is 22.0 Å². The predicted molar refractivity (Wildman–Crippen MR) is 70.1 cm³/mol. The minimum absolute atomic E-state index is 0.128. The maximum atomic E-state index is 13.9. The van der Waals surface area contributed by atoms with E-state index in [1.165, 1.54) is 11.9 Å². The summed E-state index contributed by atoms with van der Waals surface area (Å²) < 4.78 is 66.5. The number of hydrogen-bond acceptors (Lipinski definition) is 2. The number of nitrogens with zero attached hydrogens (tertiary/aromatic N) is 1. The highest BCUT2D eigenvalue weighted by molar-refractivity contribution is 5.70. The monoisotopic (exact) mass is 304 g/mol. The Kier molecular flexibility index (Phi) is 3.93. The van der Waals surface area contributed by atoms with Gasteiger partial charge in [-0.25, -0.2) is 8.78 Å². The Labute approximate surface area is 118 Å². The lowest BCUT2D eigenvalue weighted by atomic mass is 10.1. The van der Waals surface area contributed by atoms with Crippen LogP contribution >= 0.6 is 0 Å². The summed E-state index contributed by atoms with van der Waals surface area (Å²) in [7, 11) is 1.48. The average Bonchev–Trinajstić information content (AvgIpc) is 2.50. The Morgan fingerprint density at radius 3 is 2.24 bits per heavy atom. The minimum atomic E-state index is -4.57. The van der Waals surface area contributed by atoms with Crippen molar-refractivity contribution < 1.29 is 22.0 Å². The summed E-state index contributed by atoms with van der Waals surface area (Å²) in [4.78, 5) is 1.38. The number of halogens is 5. The molecule has 1 aromatic carbocycles. The molecule has 0 aliphatic carbocycles. The molecular weight excluding hydrogens is 291 g/mol. The molecule has 0 radical (unpaired) electrons. The molecule has 1 heterocycles. The van der Waals surface area contributed by atoms with Crippen LogP contribution in [0.25, 0.3) is 5.70 Å². The second-order valence-electron chi connectivity index (χ2n) is 4.76. The minimum Gasteiger partial charge on any atom is -0.399 e. The summed E-state index contributed by atoms with van der Waals surface area (Å²) in [5.41, 5.74) is 3.60. The maximum absolute atomic E-state index is 13.9. The third-order valence-electron chi connectivity index (χ3n) is 3.18. The summed E-state index contributed by atoms with van der Waals surface area (Å²) in [6.45, 7) is 0.217. The largest absolute Gasteiger partial charge is 0.416 e. The van der Waals surface area contributed by atoms with Crippen molar-refractivity contribution in [3.05, 3.63) is 47.1 Å². The van der Waals surface area contributed by atoms with E-state index in [0.29, 0.717) is 0 Å². The van der Waals surface area contributed by atoms with Gasteiger partial charge in [0.15, 0.2) is 0 Å². The maximum Gasteiger partial charge on any atom is 0.416 e. The van der Waals surface area contributed by atoms with Crippen LogP contribution in [0.15, 0.2) is 29.9 Å². The Morgan fingerprint density at radius 1 is 1.14 bits per heavy atom. The van der Waals surface area contributed by atoms with Gasteiger partial charge in [0.1, 0.15) is 11.6 Å². The molecule has 0 saturated heterocycles. The van der Waals surface area contributed by atoms with Crippen molar-refractivity contribution in [3.63, 3.8) is 0 Å². The number of nitrogens with two attached hydrogens (primary N) is 1. The van der Waals surface area contributed by atoms with Crippen LogP contribution in [-0.4, -0.2) is 24.7 Å². The molecule has 2 rings (SSSR count). The number of anilines is 1. The van der Waals surface area contributed by atoms with Gasteiger partial charge in [-0.2, -0.15) is 13.2 Å². The van der Waals surface area contributed by atoms with Gasteiger partial charge in [-0.15, -0.1) is 0 Å². The quantitative estimate of drug-likeness (QED) is 0.633. The molecule has 1 aliphatic heterocycles. The zero-order chi connectivity index (χ0) is 15.8. The number of allylic oxidation sites excluding steroid dienone is 2. The van der Waals surface area contributed by atoms with Crippen molar-refractivity contribution in [2.24, 2.45) is 0 Å². The molecule has 2 N–H and O–H groups in total. The summed E-state index contributed by atoms with van der Waals surface area (Å²) >= 11 is 0. The molecule has 0 atom stereocenters. The van der Waals surface area contributed by atoms with Crippen LogP contribution in [-0.2, 0) is 0 Å². The van der Waals surface area contributed by atoms with Gasteiger partial charge in [0.2, 0.25) is 0 Å². The highest BCUT2D eigenvalue weighted by Crippen LogP contribution is 2.34. The van der Waals surface area contributed by atoms with Crippen molar-refractivity contribution in [2.45, 2.75) is 12.6 Å². The molecule has 0 unspecified atom stereocenters. The molecule has 1 aromatic rings. The Morgan fingerprint density at radius 2 is 1.71 bits per heavy atom. The fourth-order valence-corrected chi connectivity index (χ4v) is 2.15.